The van der Waals surface area contributed by atoms with Crippen LogP contribution in [-0.2, 0) is 15.0 Å². The first-order chi connectivity index (χ1) is 15.4. The summed E-state index contributed by atoms with van der Waals surface area (Å²) in [6.45, 7) is 5.72. The summed E-state index contributed by atoms with van der Waals surface area (Å²) < 4.78 is 36.0. The summed E-state index contributed by atoms with van der Waals surface area (Å²) in [5.41, 5.74) is 1.84. The molecule has 33 heavy (non-hydrogen) atoms. The number of thioether (sulfide) groups is 1. The number of imide groups is 1. The number of methoxy groups -OCH3 is 1. The van der Waals surface area contributed by atoms with E-state index in [4.69, 9.17) is 4.74 Å². The first-order valence-electron chi connectivity index (χ1n) is 10.2. The molecule has 2 aromatic carbocycles. The molecule has 0 saturated carbocycles. The van der Waals surface area contributed by atoms with E-state index < -0.39 is 28.2 Å². The second-order valence-corrected chi connectivity index (χ2v) is 9.73. The Bertz CT molecular complexity index is 1270. The molecule has 2 aromatic rings. The Balaban J connectivity index is 1.97. The quantitative estimate of drug-likeness (QED) is 0.642. The van der Waals surface area contributed by atoms with Crippen LogP contribution < -0.4 is 15.0 Å². The smallest absolute Gasteiger partial charge is 0.290 e. The van der Waals surface area contributed by atoms with Gasteiger partial charge in [0.25, 0.3) is 11.1 Å². The van der Waals surface area contributed by atoms with Crippen LogP contribution in [0.3, 0.4) is 0 Å². The van der Waals surface area contributed by atoms with Gasteiger partial charge in [-0.15, -0.1) is 0 Å². The van der Waals surface area contributed by atoms with E-state index in [9.17, 15) is 18.8 Å². The SMILES string of the molecule is COc1c(F)cc(/C=C2\SC(=O)NC2=O)c(F)c1-c1cc2c(cc1C)C(C)(C)CC(=O)N2C. The number of anilines is 1. The van der Waals surface area contributed by atoms with Crippen molar-refractivity contribution in [1.82, 2.24) is 5.32 Å². The first kappa shape index (κ1) is 23.0. The molecule has 0 radical (unpaired) electrons. The summed E-state index contributed by atoms with van der Waals surface area (Å²) in [7, 11) is 2.89. The van der Waals surface area contributed by atoms with Crippen LogP contribution >= 0.6 is 11.8 Å². The van der Waals surface area contributed by atoms with Crippen molar-refractivity contribution in [2.75, 3.05) is 19.1 Å². The number of amides is 3. The van der Waals surface area contributed by atoms with Crippen LogP contribution in [0.15, 0.2) is 23.1 Å². The number of nitrogens with zero attached hydrogens (tertiary/aromatic N) is 1. The van der Waals surface area contributed by atoms with Crippen molar-refractivity contribution < 1.29 is 27.9 Å². The maximum atomic E-state index is 15.8. The average molecular weight is 473 g/mol. The van der Waals surface area contributed by atoms with E-state index >= 15 is 4.39 Å². The number of halogens is 2. The van der Waals surface area contributed by atoms with Gasteiger partial charge in [-0.2, -0.15) is 0 Å². The van der Waals surface area contributed by atoms with Crippen LogP contribution in [0.4, 0.5) is 19.3 Å². The zero-order chi connectivity index (χ0) is 24.2. The van der Waals surface area contributed by atoms with Crippen LogP contribution in [-0.4, -0.2) is 31.2 Å². The molecule has 172 valence electrons. The van der Waals surface area contributed by atoms with E-state index in [0.717, 1.165) is 17.7 Å². The van der Waals surface area contributed by atoms with Crippen LogP contribution in [0, 0.1) is 18.6 Å². The molecule has 0 spiro atoms. The third-order valence-electron chi connectivity index (χ3n) is 6.00. The van der Waals surface area contributed by atoms with Crippen molar-refractivity contribution in [3.8, 4) is 16.9 Å². The highest BCUT2D eigenvalue weighted by Crippen LogP contribution is 2.46. The Morgan fingerprint density at radius 2 is 1.88 bits per heavy atom. The highest BCUT2D eigenvalue weighted by Gasteiger charge is 2.36. The summed E-state index contributed by atoms with van der Waals surface area (Å²) >= 11 is 0.614. The number of fused-ring (bicyclic) bond motifs is 1. The minimum Gasteiger partial charge on any atom is -0.493 e. The fourth-order valence-electron chi connectivity index (χ4n) is 4.25. The van der Waals surface area contributed by atoms with Gasteiger partial charge >= 0.3 is 0 Å². The van der Waals surface area contributed by atoms with Gasteiger partial charge in [0, 0.05) is 30.1 Å². The predicted octanol–water partition coefficient (Wildman–Crippen LogP) is 4.92. The second-order valence-electron chi connectivity index (χ2n) is 8.72. The van der Waals surface area contributed by atoms with Gasteiger partial charge in [0.15, 0.2) is 11.6 Å². The van der Waals surface area contributed by atoms with Gasteiger partial charge in [-0.1, -0.05) is 19.9 Å². The predicted molar refractivity (Wildman–Crippen MR) is 123 cm³/mol. The molecule has 1 fully saturated rings. The van der Waals surface area contributed by atoms with Crippen LogP contribution in [0.2, 0.25) is 0 Å². The molecule has 3 amide bonds. The number of rotatable bonds is 3. The van der Waals surface area contributed by atoms with Crippen molar-refractivity contribution in [3.05, 3.63) is 51.4 Å². The molecule has 1 N–H and O–H groups in total. The number of nitrogens with one attached hydrogen (secondary N) is 1. The largest absolute Gasteiger partial charge is 0.493 e. The van der Waals surface area contributed by atoms with Gasteiger partial charge in [-0.25, -0.2) is 8.78 Å². The van der Waals surface area contributed by atoms with Gasteiger partial charge in [-0.05, 0) is 53.6 Å². The Hall–Kier alpha value is -3.20. The van der Waals surface area contributed by atoms with Crippen LogP contribution in [0.1, 0.15) is 37.0 Å². The van der Waals surface area contributed by atoms with Gasteiger partial charge in [-0.3, -0.25) is 19.7 Å². The van der Waals surface area contributed by atoms with Crippen molar-refractivity contribution >= 4 is 40.6 Å². The molecule has 0 atom stereocenters. The number of ether oxygens (including phenoxy) is 1. The van der Waals surface area contributed by atoms with E-state index in [2.05, 4.69) is 5.32 Å². The lowest BCUT2D eigenvalue weighted by molar-refractivity contribution is -0.119. The molecule has 2 aliphatic heterocycles. The van der Waals surface area contributed by atoms with Gasteiger partial charge in [0.1, 0.15) is 5.82 Å². The third kappa shape index (κ3) is 3.80. The van der Waals surface area contributed by atoms with E-state index in [-0.39, 0.29) is 27.7 Å². The Morgan fingerprint density at radius 1 is 1.18 bits per heavy atom. The fraction of sp³-hybridized carbons (Fsp3) is 0.292. The summed E-state index contributed by atoms with van der Waals surface area (Å²) in [4.78, 5) is 37.4. The van der Waals surface area contributed by atoms with Crippen LogP contribution in [0.5, 0.6) is 5.75 Å². The number of carbonyl (C=O) groups is 3. The van der Waals surface area contributed by atoms with Crippen molar-refractivity contribution in [2.24, 2.45) is 0 Å². The molecule has 2 aliphatic rings. The Labute approximate surface area is 194 Å². The van der Waals surface area contributed by atoms with Crippen molar-refractivity contribution in [3.63, 3.8) is 0 Å². The zero-order valence-electron chi connectivity index (χ0n) is 18.8. The number of benzene rings is 2. The van der Waals surface area contributed by atoms with Crippen molar-refractivity contribution in [2.45, 2.75) is 32.6 Å². The van der Waals surface area contributed by atoms with Crippen LogP contribution in [0.25, 0.3) is 17.2 Å². The highest BCUT2D eigenvalue weighted by molar-refractivity contribution is 8.18. The van der Waals surface area contributed by atoms with E-state index in [1.165, 1.54) is 12.0 Å². The number of aryl methyl sites for hydroxylation is 1. The maximum absolute atomic E-state index is 15.8. The molecule has 6 nitrogen and oxygen atoms in total. The molecule has 0 aliphatic carbocycles. The van der Waals surface area contributed by atoms with Gasteiger partial charge < -0.3 is 9.64 Å². The molecule has 9 heteroatoms. The van der Waals surface area contributed by atoms with E-state index in [0.29, 0.717) is 35.0 Å². The third-order valence-corrected chi connectivity index (χ3v) is 6.81. The lowest BCUT2D eigenvalue weighted by atomic mass is 9.76. The van der Waals surface area contributed by atoms with Gasteiger partial charge in [0.2, 0.25) is 5.91 Å². The first-order valence-corrected chi connectivity index (χ1v) is 11.0. The number of hydrogen-bond acceptors (Lipinski definition) is 5. The fourth-order valence-corrected chi connectivity index (χ4v) is 4.92. The molecule has 2 heterocycles. The summed E-state index contributed by atoms with van der Waals surface area (Å²) in [6.07, 6.45) is 1.47. The minimum atomic E-state index is -0.822. The molecule has 4 rings (SSSR count). The molecule has 1 saturated heterocycles. The van der Waals surface area contributed by atoms with Crippen molar-refractivity contribution in [1.29, 1.82) is 0 Å². The number of hydrogen-bond donors (Lipinski definition) is 1. The molecule has 0 aromatic heterocycles. The second kappa shape index (κ2) is 7.98. The van der Waals surface area contributed by atoms with E-state index in [1.54, 1.807) is 20.0 Å². The normalized spacial score (nSPS) is 18.6. The van der Waals surface area contributed by atoms with Gasteiger partial charge in [0.05, 0.1) is 17.6 Å². The maximum Gasteiger partial charge on any atom is 0.290 e. The van der Waals surface area contributed by atoms with E-state index in [1.807, 2.05) is 19.9 Å². The zero-order valence-corrected chi connectivity index (χ0v) is 19.6. The lowest BCUT2D eigenvalue weighted by Gasteiger charge is -2.37. The molecule has 0 unspecified atom stereocenters. The summed E-state index contributed by atoms with van der Waals surface area (Å²) in [5, 5.41) is 1.51. The average Bonchev–Trinajstić information content (AvgIpc) is 3.05. The Morgan fingerprint density at radius 3 is 2.48 bits per heavy atom. The summed E-state index contributed by atoms with van der Waals surface area (Å²) in [5.74, 6) is -2.66. The monoisotopic (exact) mass is 472 g/mol. The molecular formula is C24H22F2N2O4S. The highest BCUT2D eigenvalue weighted by atomic mass is 32.2. The molecule has 0 bridgehead atoms. The molecular weight excluding hydrogens is 450 g/mol. The summed E-state index contributed by atoms with van der Waals surface area (Å²) in [6, 6.07) is 4.48. The Kier molecular flexibility index (Phi) is 5.56. The standard InChI is InChI=1S/C24H22F2N2O4S/c1-11-6-14-16(28(4)18(29)10-24(14,2)3)9-13(11)19-20(26)12(7-15(25)21(19)32-5)8-17-22(30)27-23(31)33-17/h6-9H,10H2,1-5H3,(H,27,30,31)/b17-8-. The number of carbonyl (C=O) groups excluding carboxylic acids is 3. The lowest BCUT2D eigenvalue weighted by Crippen LogP contribution is -2.39. The topological polar surface area (TPSA) is 75.7 Å². The minimum absolute atomic E-state index is 0.0383.